The number of anilines is 1. The van der Waals surface area contributed by atoms with Crippen molar-refractivity contribution < 1.29 is 0 Å². The summed E-state index contributed by atoms with van der Waals surface area (Å²) in [6, 6.07) is 9.79. The molecule has 3 rings (SSSR count). The quantitative estimate of drug-likeness (QED) is 0.424. The predicted molar refractivity (Wildman–Crippen MR) is 91.0 cm³/mol. The Balaban J connectivity index is 1.86. The van der Waals surface area contributed by atoms with Gasteiger partial charge >= 0.3 is 0 Å². The monoisotopic (exact) mass is 336 g/mol. The SMILES string of the molecule is Cc1cc2c(NN)nc(CSc3cccc(Cl)c3)nc2s1. The van der Waals surface area contributed by atoms with Crippen LogP contribution in [0, 0.1) is 6.92 Å². The van der Waals surface area contributed by atoms with Crippen molar-refractivity contribution >= 4 is 50.7 Å². The standard InChI is InChI=1S/C14H13ClN4S2/c1-8-5-11-13(19-16)17-12(18-14(11)21-8)7-20-10-4-2-3-9(15)6-10/h2-6H,7,16H2,1H3,(H,17,18,19). The van der Waals surface area contributed by atoms with Crippen molar-refractivity contribution in [1.82, 2.24) is 9.97 Å². The Morgan fingerprint density at radius 3 is 2.95 bits per heavy atom. The van der Waals surface area contributed by atoms with E-state index >= 15 is 0 Å². The van der Waals surface area contributed by atoms with E-state index in [9.17, 15) is 0 Å². The average molecular weight is 337 g/mol. The largest absolute Gasteiger partial charge is 0.308 e. The molecule has 21 heavy (non-hydrogen) atoms. The van der Waals surface area contributed by atoms with Gasteiger partial charge in [0.1, 0.15) is 10.7 Å². The van der Waals surface area contributed by atoms with Crippen molar-refractivity contribution in [2.24, 2.45) is 5.84 Å². The Labute approximate surface area is 135 Å². The first kappa shape index (κ1) is 14.6. The summed E-state index contributed by atoms with van der Waals surface area (Å²) in [6.07, 6.45) is 0. The van der Waals surface area contributed by atoms with Crippen LogP contribution in [0.3, 0.4) is 0 Å². The number of nitrogens with one attached hydrogen (secondary N) is 1. The van der Waals surface area contributed by atoms with Gasteiger partial charge in [-0.3, -0.25) is 0 Å². The first-order valence-corrected chi connectivity index (χ1v) is 8.46. The molecule has 7 heteroatoms. The van der Waals surface area contributed by atoms with Crippen molar-refractivity contribution in [3.63, 3.8) is 0 Å². The molecule has 0 saturated carbocycles. The molecule has 1 aromatic carbocycles. The minimum atomic E-state index is 0.669. The summed E-state index contributed by atoms with van der Waals surface area (Å²) in [5.74, 6) is 7.65. The number of rotatable bonds is 4. The van der Waals surface area contributed by atoms with Crippen LogP contribution in [0.2, 0.25) is 5.02 Å². The van der Waals surface area contributed by atoms with E-state index in [1.165, 1.54) is 4.88 Å². The van der Waals surface area contributed by atoms with Crippen LogP contribution in [0.25, 0.3) is 10.2 Å². The highest BCUT2D eigenvalue weighted by Gasteiger charge is 2.10. The van der Waals surface area contributed by atoms with E-state index in [0.29, 0.717) is 11.6 Å². The molecule has 0 fully saturated rings. The molecule has 0 amide bonds. The molecule has 0 radical (unpaired) electrons. The van der Waals surface area contributed by atoms with Crippen LogP contribution in [-0.2, 0) is 5.75 Å². The smallest absolute Gasteiger partial charge is 0.152 e. The molecule has 0 aliphatic rings. The summed E-state index contributed by atoms with van der Waals surface area (Å²) in [4.78, 5) is 12.3. The highest BCUT2D eigenvalue weighted by Crippen LogP contribution is 2.30. The van der Waals surface area contributed by atoms with E-state index in [0.717, 1.165) is 26.0 Å². The topological polar surface area (TPSA) is 63.8 Å². The number of benzene rings is 1. The van der Waals surface area contributed by atoms with Crippen molar-refractivity contribution in [3.8, 4) is 0 Å². The van der Waals surface area contributed by atoms with Crippen LogP contribution in [0.1, 0.15) is 10.7 Å². The second-order valence-corrected chi connectivity index (χ2v) is 7.17. The molecule has 0 unspecified atom stereocenters. The number of hydrogen-bond donors (Lipinski definition) is 2. The molecule has 2 heterocycles. The summed E-state index contributed by atoms with van der Waals surface area (Å²) in [5.41, 5.74) is 2.66. The zero-order chi connectivity index (χ0) is 14.8. The van der Waals surface area contributed by atoms with E-state index in [-0.39, 0.29) is 0 Å². The summed E-state index contributed by atoms with van der Waals surface area (Å²) in [5, 5.41) is 1.70. The first-order chi connectivity index (χ1) is 10.2. The normalized spacial score (nSPS) is 11.0. The molecule has 2 aromatic heterocycles. The maximum Gasteiger partial charge on any atom is 0.152 e. The molecule has 3 N–H and O–H groups in total. The maximum absolute atomic E-state index is 5.99. The fourth-order valence-electron chi connectivity index (χ4n) is 1.97. The van der Waals surface area contributed by atoms with Gasteiger partial charge in [-0.2, -0.15) is 0 Å². The Morgan fingerprint density at radius 2 is 2.19 bits per heavy atom. The number of thioether (sulfide) groups is 1. The lowest BCUT2D eigenvalue weighted by Crippen LogP contribution is -2.10. The zero-order valence-electron chi connectivity index (χ0n) is 11.3. The van der Waals surface area contributed by atoms with Gasteiger partial charge in [0.05, 0.1) is 11.1 Å². The third kappa shape index (κ3) is 3.29. The van der Waals surface area contributed by atoms with Crippen LogP contribution in [0.15, 0.2) is 35.2 Å². The first-order valence-electron chi connectivity index (χ1n) is 6.28. The van der Waals surface area contributed by atoms with Crippen molar-refractivity contribution in [2.45, 2.75) is 17.6 Å². The molecule has 108 valence electrons. The van der Waals surface area contributed by atoms with Gasteiger partial charge in [-0.25, -0.2) is 15.8 Å². The molecular weight excluding hydrogens is 324 g/mol. The van der Waals surface area contributed by atoms with Gasteiger partial charge in [0.2, 0.25) is 0 Å². The second kappa shape index (κ2) is 6.19. The number of nitrogens with zero attached hydrogens (tertiary/aromatic N) is 2. The van der Waals surface area contributed by atoms with Gasteiger partial charge in [-0.05, 0) is 31.2 Å². The van der Waals surface area contributed by atoms with E-state index < -0.39 is 0 Å². The summed E-state index contributed by atoms with van der Waals surface area (Å²) in [7, 11) is 0. The van der Waals surface area contributed by atoms with Crippen LogP contribution in [0.5, 0.6) is 0 Å². The number of nitrogen functional groups attached to an aromatic ring is 1. The second-order valence-electron chi connectivity index (χ2n) is 4.45. The number of hydrazine groups is 1. The lowest BCUT2D eigenvalue weighted by atomic mass is 10.3. The number of nitrogens with two attached hydrogens (primary N) is 1. The highest BCUT2D eigenvalue weighted by molar-refractivity contribution is 7.98. The fraction of sp³-hybridized carbons (Fsp3) is 0.143. The van der Waals surface area contributed by atoms with E-state index in [4.69, 9.17) is 17.4 Å². The van der Waals surface area contributed by atoms with Gasteiger partial charge in [-0.1, -0.05) is 17.7 Å². The number of thiophene rings is 1. The molecule has 0 saturated heterocycles. The Kier molecular flexibility index (Phi) is 4.30. The fourth-order valence-corrected chi connectivity index (χ4v) is 3.93. The Morgan fingerprint density at radius 1 is 1.33 bits per heavy atom. The Bertz CT molecular complexity index is 788. The number of aromatic nitrogens is 2. The predicted octanol–water partition coefficient (Wildman–Crippen LogP) is 4.23. The molecule has 0 spiro atoms. The van der Waals surface area contributed by atoms with Gasteiger partial charge in [0.25, 0.3) is 0 Å². The minimum Gasteiger partial charge on any atom is -0.308 e. The third-order valence-corrected chi connectivity index (χ3v) is 5.03. The summed E-state index contributed by atoms with van der Waals surface area (Å²) >= 11 is 9.28. The van der Waals surface area contributed by atoms with Crippen LogP contribution in [-0.4, -0.2) is 9.97 Å². The van der Waals surface area contributed by atoms with E-state index in [1.807, 2.05) is 37.3 Å². The highest BCUT2D eigenvalue weighted by atomic mass is 35.5. The molecular formula is C14H13ClN4S2. The lowest BCUT2D eigenvalue weighted by molar-refractivity contribution is 1.06. The molecule has 0 aliphatic heterocycles. The summed E-state index contributed by atoms with van der Waals surface area (Å²) < 4.78 is 0. The van der Waals surface area contributed by atoms with Gasteiger partial charge < -0.3 is 5.43 Å². The lowest BCUT2D eigenvalue weighted by Gasteiger charge is -2.05. The number of fused-ring (bicyclic) bond motifs is 1. The van der Waals surface area contributed by atoms with E-state index in [1.54, 1.807) is 23.1 Å². The number of aryl methyl sites for hydroxylation is 1. The van der Waals surface area contributed by atoms with Crippen molar-refractivity contribution in [2.75, 3.05) is 5.43 Å². The van der Waals surface area contributed by atoms with Crippen molar-refractivity contribution in [3.05, 3.63) is 46.1 Å². The van der Waals surface area contributed by atoms with Crippen LogP contribution in [0.4, 0.5) is 5.82 Å². The molecule has 0 bridgehead atoms. The number of halogens is 1. The van der Waals surface area contributed by atoms with Gasteiger partial charge in [-0.15, -0.1) is 23.1 Å². The van der Waals surface area contributed by atoms with Crippen molar-refractivity contribution in [1.29, 1.82) is 0 Å². The zero-order valence-corrected chi connectivity index (χ0v) is 13.6. The van der Waals surface area contributed by atoms with E-state index in [2.05, 4.69) is 15.4 Å². The molecule has 3 aromatic rings. The van der Waals surface area contributed by atoms with Crippen LogP contribution >= 0.6 is 34.7 Å². The minimum absolute atomic E-state index is 0.669. The molecule has 0 aliphatic carbocycles. The summed E-state index contributed by atoms with van der Waals surface area (Å²) in [6.45, 7) is 2.05. The molecule has 4 nitrogen and oxygen atoms in total. The van der Waals surface area contributed by atoms with Gasteiger partial charge in [0, 0.05) is 14.8 Å². The number of hydrogen-bond acceptors (Lipinski definition) is 6. The van der Waals surface area contributed by atoms with Gasteiger partial charge in [0.15, 0.2) is 5.82 Å². The maximum atomic E-state index is 5.99. The molecule has 0 atom stereocenters. The average Bonchev–Trinajstić information content (AvgIpc) is 2.84. The third-order valence-electron chi connectivity index (χ3n) is 2.86. The van der Waals surface area contributed by atoms with Crippen LogP contribution < -0.4 is 11.3 Å². The Hall–Kier alpha value is -1.34.